The predicted octanol–water partition coefficient (Wildman–Crippen LogP) is 1.24. The van der Waals surface area contributed by atoms with Gasteiger partial charge in [0.1, 0.15) is 6.04 Å². The van der Waals surface area contributed by atoms with Gasteiger partial charge in [0.05, 0.1) is 5.88 Å². The molecule has 1 saturated heterocycles. The molecule has 1 aliphatic rings. The van der Waals surface area contributed by atoms with Gasteiger partial charge < -0.3 is 14.9 Å². The molecule has 17 heavy (non-hydrogen) atoms. The smallest absolute Gasteiger partial charge is 0.327 e. The number of hydrogen-bond donors (Lipinski definition) is 1. The molecule has 2 amide bonds. The molecule has 1 unspecified atom stereocenters. The Morgan fingerprint density at radius 2 is 2.00 bits per heavy atom. The van der Waals surface area contributed by atoms with Crippen molar-refractivity contribution < 1.29 is 14.7 Å². The second-order valence-corrected chi connectivity index (χ2v) is 4.59. The Balaban J connectivity index is 2.74. The predicted molar refractivity (Wildman–Crippen MR) is 68.0 cm³/mol. The number of aliphatic carboxylic acids is 1. The summed E-state index contributed by atoms with van der Waals surface area (Å²) in [5.41, 5.74) is 0. The van der Waals surface area contributed by atoms with Crippen LogP contribution in [0.1, 0.15) is 0 Å². The van der Waals surface area contributed by atoms with Crippen LogP contribution in [-0.4, -0.2) is 57.7 Å². The van der Waals surface area contributed by atoms with Crippen molar-refractivity contribution in [1.82, 2.24) is 9.80 Å². The van der Waals surface area contributed by atoms with E-state index in [1.54, 1.807) is 12.2 Å². The molecular formula is C11H16N2O3S. The molecule has 0 spiro atoms. The van der Waals surface area contributed by atoms with E-state index in [1.165, 1.54) is 21.6 Å². The van der Waals surface area contributed by atoms with Crippen LogP contribution in [0.2, 0.25) is 0 Å². The fourth-order valence-electron chi connectivity index (χ4n) is 1.56. The lowest BCUT2D eigenvalue weighted by Crippen LogP contribution is -2.48. The third kappa shape index (κ3) is 3.26. The number of hydrogen-bond acceptors (Lipinski definition) is 3. The zero-order chi connectivity index (χ0) is 12.8. The first kappa shape index (κ1) is 13.6. The molecule has 0 saturated carbocycles. The van der Waals surface area contributed by atoms with Gasteiger partial charge in [0.15, 0.2) is 0 Å². The summed E-state index contributed by atoms with van der Waals surface area (Å²) in [4.78, 5) is 26.0. The zero-order valence-electron chi connectivity index (χ0n) is 9.54. The van der Waals surface area contributed by atoms with Crippen LogP contribution in [0, 0.1) is 0 Å². The van der Waals surface area contributed by atoms with Crippen molar-refractivity contribution in [2.75, 3.05) is 24.7 Å². The second-order valence-electron chi connectivity index (χ2n) is 3.59. The fraction of sp³-hybridized carbons (Fsp3) is 0.455. The molecule has 5 nitrogen and oxygen atoms in total. The van der Waals surface area contributed by atoms with Gasteiger partial charge in [-0.1, -0.05) is 12.2 Å². The summed E-state index contributed by atoms with van der Waals surface area (Å²) in [5, 5.41) is 9.01. The Morgan fingerprint density at radius 1 is 1.41 bits per heavy atom. The molecule has 1 aliphatic heterocycles. The number of carboxylic acids is 1. The number of amides is 2. The van der Waals surface area contributed by atoms with Crippen molar-refractivity contribution in [3.8, 4) is 0 Å². The number of rotatable bonds is 5. The third-order valence-electron chi connectivity index (χ3n) is 2.38. The highest BCUT2D eigenvalue weighted by Crippen LogP contribution is 2.22. The average molecular weight is 256 g/mol. The first-order valence-electron chi connectivity index (χ1n) is 5.19. The third-order valence-corrected chi connectivity index (χ3v) is 3.39. The summed E-state index contributed by atoms with van der Waals surface area (Å²) in [7, 11) is 0. The van der Waals surface area contributed by atoms with Gasteiger partial charge in [-0.15, -0.1) is 24.9 Å². The minimum Gasteiger partial charge on any atom is -0.480 e. The number of carboxylic acid groups (broad SMARTS) is 1. The standard InChI is InChI=1S/C11H16N2O3S/c1-3-5-12(6-4-2)11(16)13-8-17-7-9(13)10(14)15/h3-4,9H,1-2,5-8H2,(H,14,15). The zero-order valence-corrected chi connectivity index (χ0v) is 10.4. The van der Waals surface area contributed by atoms with Crippen LogP contribution in [0.4, 0.5) is 4.79 Å². The number of urea groups is 1. The van der Waals surface area contributed by atoms with Gasteiger partial charge >= 0.3 is 12.0 Å². The van der Waals surface area contributed by atoms with Gasteiger partial charge in [-0.3, -0.25) is 0 Å². The van der Waals surface area contributed by atoms with Crippen LogP contribution in [0.5, 0.6) is 0 Å². The SMILES string of the molecule is C=CCN(CC=C)C(=O)N1CSCC1C(=O)O. The normalized spacial score (nSPS) is 18.8. The van der Waals surface area contributed by atoms with Gasteiger partial charge in [0, 0.05) is 18.8 Å². The van der Waals surface area contributed by atoms with Gasteiger partial charge in [-0.05, 0) is 0 Å². The molecule has 1 heterocycles. The van der Waals surface area contributed by atoms with Crippen molar-refractivity contribution in [3.63, 3.8) is 0 Å². The maximum atomic E-state index is 12.1. The van der Waals surface area contributed by atoms with Crippen LogP contribution in [0.15, 0.2) is 25.3 Å². The Morgan fingerprint density at radius 3 is 2.47 bits per heavy atom. The van der Waals surface area contributed by atoms with Gasteiger partial charge in [-0.25, -0.2) is 9.59 Å². The van der Waals surface area contributed by atoms with Crippen molar-refractivity contribution >= 4 is 23.8 Å². The maximum Gasteiger partial charge on any atom is 0.327 e. The van der Waals surface area contributed by atoms with Crippen LogP contribution >= 0.6 is 11.8 Å². The maximum absolute atomic E-state index is 12.1. The van der Waals surface area contributed by atoms with Crippen LogP contribution < -0.4 is 0 Å². The lowest BCUT2D eigenvalue weighted by molar-refractivity contribution is -0.140. The summed E-state index contributed by atoms with van der Waals surface area (Å²) in [6, 6.07) is -1.01. The van der Waals surface area contributed by atoms with Crippen LogP contribution in [-0.2, 0) is 4.79 Å². The van der Waals surface area contributed by atoms with E-state index in [4.69, 9.17) is 5.11 Å². The lowest BCUT2D eigenvalue weighted by Gasteiger charge is -2.28. The summed E-state index contributed by atoms with van der Waals surface area (Å²) >= 11 is 1.45. The Kier molecular flexibility index (Phi) is 5.09. The van der Waals surface area contributed by atoms with E-state index in [2.05, 4.69) is 13.2 Å². The molecule has 0 bridgehead atoms. The van der Waals surface area contributed by atoms with E-state index in [0.29, 0.717) is 24.7 Å². The number of carbonyl (C=O) groups excluding carboxylic acids is 1. The summed E-state index contributed by atoms with van der Waals surface area (Å²) in [6.07, 6.45) is 3.22. The minimum atomic E-state index is -0.958. The van der Waals surface area contributed by atoms with Crippen molar-refractivity contribution in [2.24, 2.45) is 0 Å². The summed E-state index contributed by atoms with van der Waals surface area (Å²) in [5.74, 6) is -0.0991. The van der Waals surface area contributed by atoms with Crippen LogP contribution in [0.25, 0.3) is 0 Å². The molecule has 0 aromatic heterocycles. The van der Waals surface area contributed by atoms with Gasteiger partial charge in [0.2, 0.25) is 0 Å². The number of thioether (sulfide) groups is 1. The van der Waals surface area contributed by atoms with Crippen molar-refractivity contribution in [1.29, 1.82) is 0 Å². The number of carbonyl (C=O) groups is 2. The van der Waals surface area contributed by atoms with Crippen LogP contribution in [0.3, 0.4) is 0 Å². The summed E-state index contributed by atoms with van der Waals surface area (Å²) in [6.45, 7) is 7.93. The molecular weight excluding hydrogens is 240 g/mol. The quantitative estimate of drug-likeness (QED) is 0.752. The Hall–Kier alpha value is -1.43. The molecule has 1 atom stereocenters. The molecule has 1 fully saturated rings. The molecule has 0 aliphatic carbocycles. The van der Waals surface area contributed by atoms with Crippen molar-refractivity contribution in [2.45, 2.75) is 6.04 Å². The largest absolute Gasteiger partial charge is 0.480 e. The highest BCUT2D eigenvalue weighted by atomic mass is 32.2. The topological polar surface area (TPSA) is 60.9 Å². The van der Waals surface area contributed by atoms with Gasteiger partial charge in [-0.2, -0.15) is 0 Å². The highest BCUT2D eigenvalue weighted by molar-refractivity contribution is 7.99. The molecule has 94 valence electrons. The molecule has 0 aromatic rings. The van der Waals surface area contributed by atoms with E-state index < -0.39 is 12.0 Å². The van der Waals surface area contributed by atoms with E-state index >= 15 is 0 Å². The first-order chi connectivity index (χ1) is 8.11. The number of nitrogens with zero attached hydrogens (tertiary/aromatic N) is 2. The Labute approximate surface area is 105 Å². The molecule has 6 heteroatoms. The second kappa shape index (κ2) is 6.34. The molecule has 1 rings (SSSR count). The Bertz CT molecular complexity index is 323. The van der Waals surface area contributed by atoms with E-state index in [0.717, 1.165) is 0 Å². The van der Waals surface area contributed by atoms with E-state index in [1.807, 2.05) is 0 Å². The summed E-state index contributed by atoms with van der Waals surface area (Å²) < 4.78 is 0. The molecule has 1 N–H and O–H groups in total. The minimum absolute atomic E-state index is 0.276. The lowest BCUT2D eigenvalue weighted by atomic mass is 10.3. The van der Waals surface area contributed by atoms with Crippen molar-refractivity contribution in [3.05, 3.63) is 25.3 Å². The van der Waals surface area contributed by atoms with E-state index in [9.17, 15) is 9.59 Å². The molecule has 0 aromatic carbocycles. The molecule has 0 radical (unpaired) electrons. The monoisotopic (exact) mass is 256 g/mol. The van der Waals surface area contributed by atoms with Gasteiger partial charge in [0.25, 0.3) is 0 Å². The van der Waals surface area contributed by atoms with E-state index in [-0.39, 0.29) is 6.03 Å². The average Bonchev–Trinajstić information content (AvgIpc) is 2.76. The fourth-order valence-corrected chi connectivity index (χ4v) is 2.70. The first-order valence-corrected chi connectivity index (χ1v) is 6.35. The highest BCUT2D eigenvalue weighted by Gasteiger charge is 2.36.